The Bertz CT molecular complexity index is 685. The van der Waals surface area contributed by atoms with E-state index >= 15 is 0 Å². The molecule has 0 radical (unpaired) electrons. The molecule has 0 saturated heterocycles. The molecule has 0 aromatic carbocycles. The van der Waals surface area contributed by atoms with Crippen LogP contribution < -0.4 is 0 Å². The van der Waals surface area contributed by atoms with E-state index in [1.165, 1.54) is 36.5 Å². The number of carbonyl (C=O) groups is 2. The van der Waals surface area contributed by atoms with Gasteiger partial charge in [0.15, 0.2) is 0 Å². The molecule has 1 N–H and O–H groups in total. The molecule has 0 aromatic rings. The second-order valence-electron chi connectivity index (χ2n) is 7.37. The third kappa shape index (κ3) is 7.36. The van der Waals surface area contributed by atoms with Gasteiger partial charge in [0.05, 0.1) is 0 Å². The molecule has 1 aliphatic carbocycles. The maximum Gasteiger partial charge on any atom is 0.339 e. The van der Waals surface area contributed by atoms with Gasteiger partial charge < -0.3 is 9.84 Å². The zero-order valence-corrected chi connectivity index (χ0v) is 16.5. The largest absolute Gasteiger partial charge is 0.388 e. The van der Waals surface area contributed by atoms with E-state index in [1.54, 1.807) is 13.0 Å². The Kier molecular flexibility index (Phi) is 8.46. The van der Waals surface area contributed by atoms with Crippen LogP contribution in [0.15, 0.2) is 58.7 Å². The van der Waals surface area contributed by atoms with Crippen molar-refractivity contribution in [3.63, 3.8) is 0 Å². The van der Waals surface area contributed by atoms with Gasteiger partial charge in [-0.05, 0) is 56.6 Å². The van der Waals surface area contributed by atoms with Gasteiger partial charge >= 0.3 is 11.9 Å². The van der Waals surface area contributed by atoms with Crippen molar-refractivity contribution in [3.05, 3.63) is 58.7 Å². The molecule has 0 spiro atoms. The van der Waals surface area contributed by atoms with Gasteiger partial charge in [0, 0.05) is 6.08 Å². The average molecular weight is 358 g/mol. The van der Waals surface area contributed by atoms with Gasteiger partial charge in [-0.2, -0.15) is 0 Å². The summed E-state index contributed by atoms with van der Waals surface area (Å²) in [5, 5.41) is 8.53. The van der Waals surface area contributed by atoms with Crippen molar-refractivity contribution in [2.24, 2.45) is 5.41 Å². The lowest BCUT2D eigenvalue weighted by Gasteiger charge is -2.32. The molecule has 1 aliphatic rings. The van der Waals surface area contributed by atoms with Crippen LogP contribution in [-0.2, 0) is 14.3 Å². The monoisotopic (exact) mass is 358 g/mol. The fourth-order valence-corrected chi connectivity index (χ4v) is 3.04. The fraction of sp³-hybridized carbons (Fsp3) is 0.455. The van der Waals surface area contributed by atoms with Gasteiger partial charge in [-0.1, -0.05) is 55.4 Å². The molecule has 0 aliphatic heterocycles. The van der Waals surface area contributed by atoms with Crippen LogP contribution in [0.5, 0.6) is 0 Å². The van der Waals surface area contributed by atoms with Gasteiger partial charge in [-0.15, -0.1) is 0 Å². The summed E-state index contributed by atoms with van der Waals surface area (Å²) in [5.41, 5.74) is 4.87. The fourth-order valence-electron chi connectivity index (χ4n) is 3.04. The predicted octanol–water partition coefficient (Wildman–Crippen LogP) is 4.58. The minimum absolute atomic E-state index is 0.223. The molecule has 0 aromatic heterocycles. The Labute approximate surface area is 156 Å². The maximum atomic E-state index is 11.4. The number of ether oxygens (including phenoxy) is 1. The van der Waals surface area contributed by atoms with E-state index < -0.39 is 18.5 Å². The van der Waals surface area contributed by atoms with Crippen LogP contribution in [0.4, 0.5) is 0 Å². The molecule has 0 fully saturated rings. The van der Waals surface area contributed by atoms with Crippen LogP contribution in [0, 0.1) is 5.41 Å². The van der Waals surface area contributed by atoms with Crippen molar-refractivity contribution < 1.29 is 19.4 Å². The molecule has 4 heteroatoms. The highest BCUT2D eigenvalue weighted by atomic mass is 16.6. The standard InChI is InChI=1S/C22H30O4/c1-16(11-12-19-18(3)10-7-13-22(19,4)5)8-6-9-17(2)14-20(24)26-21(25)15-23/h6,8-9,11-12,14,23H,7,10,13,15H2,1-5H3/b9-6+,12-11+,16-8+,17-14+. The summed E-state index contributed by atoms with van der Waals surface area (Å²) < 4.78 is 4.36. The normalized spacial score (nSPS) is 18.7. The van der Waals surface area contributed by atoms with Crippen molar-refractivity contribution in [3.8, 4) is 0 Å². The SMILES string of the molecule is CC1=C(/C=C/C(C)=C/C=C/C(C)=C/C(=O)OC(=O)CO)C(C)(C)CCC1. The van der Waals surface area contributed by atoms with Crippen LogP contribution in [-0.4, -0.2) is 23.7 Å². The van der Waals surface area contributed by atoms with Crippen LogP contribution >= 0.6 is 0 Å². The van der Waals surface area contributed by atoms with E-state index in [0.717, 1.165) is 5.57 Å². The third-order valence-electron chi connectivity index (χ3n) is 4.46. The number of esters is 2. The van der Waals surface area contributed by atoms with Crippen molar-refractivity contribution in [1.29, 1.82) is 0 Å². The quantitative estimate of drug-likeness (QED) is 0.327. The Balaban J connectivity index is 2.72. The lowest BCUT2D eigenvalue weighted by molar-refractivity contribution is -0.158. The second-order valence-corrected chi connectivity index (χ2v) is 7.37. The summed E-state index contributed by atoms with van der Waals surface area (Å²) in [6.45, 7) is 9.76. The van der Waals surface area contributed by atoms with Gasteiger partial charge in [-0.3, -0.25) is 0 Å². The second kappa shape index (κ2) is 10.1. The van der Waals surface area contributed by atoms with E-state index in [1.807, 2.05) is 19.1 Å². The number of carbonyl (C=O) groups excluding carboxylic acids is 2. The van der Waals surface area contributed by atoms with Crippen LogP contribution in [0.1, 0.15) is 53.9 Å². The molecule has 0 bridgehead atoms. The summed E-state index contributed by atoms with van der Waals surface area (Å²) in [6.07, 6.45) is 14.8. The first kappa shape index (κ1) is 21.8. The molecule has 26 heavy (non-hydrogen) atoms. The number of hydrogen-bond acceptors (Lipinski definition) is 4. The van der Waals surface area contributed by atoms with E-state index in [0.29, 0.717) is 5.57 Å². The molecular formula is C22H30O4. The molecule has 0 heterocycles. The van der Waals surface area contributed by atoms with Gasteiger partial charge in [-0.25, -0.2) is 9.59 Å². The zero-order chi connectivity index (χ0) is 19.7. The van der Waals surface area contributed by atoms with E-state index in [9.17, 15) is 9.59 Å². The highest BCUT2D eigenvalue weighted by molar-refractivity contribution is 5.93. The highest BCUT2D eigenvalue weighted by Crippen LogP contribution is 2.40. The van der Waals surface area contributed by atoms with Crippen molar-refractivity contribution in [2.45, 2.75) is 53.9 Å². The molecular weight excluding hydrogens is 328 g/mol. The minimum atomic E-state index is -0.959. The first-order valence-electron chi connectivity index (χ1n) is 8.93. The highest BCUT2D eigenvalue weighted by Gasteiger charge is 2.26. The molecule has 1 rings (SSSR count). The number of aliphatic hydroxyl groups is 1. The van der Waals surface area contributed by atoms with Crippen LogP contribution in [0.3, 0.4) is 0 Å². The Morgan fingerprint density at radius 1 is 1.19 bits per heavy atom. The topological polar surface area (TPSA) is 63.6 Å². The molecule has 0 atom stereocenters. The van der Waals surface area contributed by atoms with Gasteiger partial charge in [0.25, 0.3) is 0 Å². The van der Waals surface area contributed by atoms with Crippen molar-refractivity contribution in [1.82, 2.24) is 0 Å². The lowest BCUT2D eigenvalue weighted by Crippen LogP contribution is -2.19. The minimum Gasteiger partial charge on any atom is -0.388 e. The Morgan fingerprint density at radius 2 is 1.88 bits per heavy atom. The van der Waals surface area contributed by atoms with E-state index in [4.69, 9.17) is 5.11 Å². The maximum absolute atomic E-state index is 11.4. The molecule has 0 saturated carbocycles. The van der Waals surface area contributed by atoms with Gasteiger partial charge in [0.2, 0.25) is 0 Å². The Morgan fingerprint density at radius 3 is 2.50 bits per heavy atom. The van der Waals surface area contributed by atoms with Crippen molar-refractivity contribution in [2.75, 3.05) is 6.61 Å². The molecule has 0 amide bonds. The van der Waals surface area contributed by atoms with Crippen LogP contribution in [0.25, 0.3) is 0 Å². The summed E-state index contributed by atoms with van der Waals surface area (Å²) in [6, 6.07) is 0. The summed E-state index contributed by atoms with van der Waals surface area (Å²) in [5.74, 6) is -1.74. The summed E-state index contributed by atoms with van der Waals surface area (Å²) in [4.78, 5) is 22.2. The lowest BCUT2D eigenvalue weighted by atomic mass is 9.72. The van der Waals surface area contributed by atoms with Crippen molar-refractivity contribution >= 4 is 11.9 Å². The number of rotatable bonds is 6. The first-order chi connectivity index (χ1) is 12.2. The van der Waals surface area contributed by atoms with Crippen LogP contribution in [0.2, 0.25) is 0 Å². The molecule has 4 nitrogen and oxygen atoms in total. The Hall–Kier alpha value is -2.20. The van der Waals surface area contributed by atoms with E-state index in [2.05, 4.69) is 37.7 Å². The summed E-state index contributed by atoms with van der Waals surface area (Å²) >= 11 is 0. The number of allylic oxidation sites excluding steroid dienone is 9. The number of aliphatic hydroxyl groups excluding tert-OH is 1. The third-order valence-corrected chi connectivity index (χ3v) is 4.46. The predicted molar refractivity (Wildman–Crippen MR) is 104 cm³/mol. The zero-order valence-electron chi connectivity index (χ0n) is 16.5. The number of hydrogen-bond donors (Lipinski definition) is 1. The smallest absolute Gasteiger partial charge is 0.339 e. The van der Waals surface area contributed by atoms with Gasteiger partial charge in [0.1, 0.15) is 6.61 Å². The molecule has 0 unspecified atom stereocenters. The summed E-state index contributed by atoms with van der Waals surface area (Å²) in [7, 11) is 0. The first-order valence-corrected chi connectivity index (χ1v) is 8.93. The average Bonchev–Trinajstić information content (AvgIpc) is 2.53. The molecule has 142 valence electrons. The van der Waals surface area contributed by atoms with E-state index in [-0.39, 0.29) is 5.41 Å².